The van der Waals surface area contributed by atoms with Gasteiger partial charge in [-0.1, -0.05) is 77.3 Å². The Labute approximate surface area is 275 Å². The average Bonchev–Trinajstić information content (AvgIpc) is 3.30. The van der Waals surface area contributed by atoms with Gasteiger partial charge in [0.2, 0.25) is 11.8 Å². The summed E-state index contributed by atoms with van der Waals surface area (Å²) in [5.74, 6) is -0.782. The second-order valence-electron chi connectivity index (χ2n) is 13.1. The number of hydrogen-bond acceptors (Lipinski definition) is 6. The number of hydrogen-bond donors (Lipinski definition) is 2. The summed E-state index contributed by atoms with van der Waals surface area (Å²) < 4.78 is 7.09. The molecular weight excluding hydrogens is 631 g/mol. The molecule has 2 aromatic carbocycles. The van der Waals surface area contributed by atoms with E-state index in [4.69, 9.17) is 4.65 Å². The van der Waals surface area contributed by atoms with Crippen molar-refractivity contribution in [2.45, 2.75) is 83.8 Å². The minimum absolute atomic E-state index is 0.0147. The lowest BCUT2D eigenvalue weighted by Crippen LogP contribution is -2.48. The predicted molar refractivity (Wildman–Crippen MR) is 180 cm³/mol. The van der Waals surface area contributed by atoms with Crippen molar-refractivity contribution in [2.75, 3.05) is 13.1 Å². The molecule has 4 atom stereocenters. The fourth-order valence-electron chi connectivity index (χ4n) is 8.19. The highest BCUT2D eigenvalue weighted by molar-refractivity contribution is 9.10. The molecule has 2 aromatic rings. The molecule has 6 rings (SSSR count). The molecule has 1 aliphatic carbocycles. The summed E-state index contributed by atoms with van der Waals surface area (Å²) in [7, 11) is -0.970. The highest BCUT2D eigenvalue weighted by Gasteiger charge is 2.58. The number of rotatable bonds is 9. The summed E-state index contributed by atoms with van der Waals surface area (Å²) in [5.41, 5.74) is 5.57. The van der Waals surface area contributed by atoms with E-state index in [1.54, 1.807) is 11.0 Å². The summed E-state index contributed by atoms with van der Waals surface area (Å²) in [5, 5.41) is 21.3. The molecule has 0 aromatic heterocycles. The molecule has 2 N–H and O–H groups in total. The standard InChI is InChI=1S/C36H44BBrN2O5/c1-3-23(18-26-19-27(38)11-12-31(26)41)10-13-32-33-25(4-2)20-29-34(30(33)21-37(44)45-32)36(43)40(35(29)42)28-14-16-39(17-15-28)22-24-8-6-5-7-9-24/h5-9,11-12,18-19,28-30,32,34,41,44H,3-4,10,13-17,20-22H2,1-2H3/b23-18+/t29-,30+,32-,34-/m1/s1. The second-order valence-corrected chi connectivity index (χ2v) is 14.0. The maximum atomic E-state index is 14.2. The van der Waals surface area contributed by atoms with Crippen molar-refractivity contribution in [1.29, 1.82) is 0 Å². The molecular formula is C36H44BBrN2O5. The lowest BCUT2D eigenvalue weighted by molar-refractivity contribution is -0.144. The summed E-state index contributed by atoms with van der Waals surface area (Å²) >= 11 is 3.49. The van der Waals surface area contributed by atoms with Gasteiger partial charge in [0.25, 0.3) is 0 Å². The Bertz CT molecular complexity index is 1470. The normalized spacial score (nSPS) is 26.4. The van der Waals surface area contributed by atoms with E-state index < -0.39 is 13.0 Å². The zero-order valence-electron chi connectivity index (χ0n) is 26.3. The van der Waals surface area contributed by atoms with Gasteiger partial charge in [-0.3, -0.25) is 19.4 Å². The van der Waals surface area contributed by atoms with Crippen LogP contribution in [0.5, 0.6) is 5.75 Å². The van der Waals surface area contributed by atoms with Gasteiger partial charge in [0.1, 0.15) is 5.75 Å². The number of carbonyl (C=O) groups is 2. The number of carbonyl (C=O) groups excluding carboxylic acids is 2. The largest absolute Gasteiger partial charge is 0.507 e. The first kappa shape index (κ1) is 32.2. The smallest absolute Gasteiger partial charge is 0.455 e. The Morgan fingerprint density at radius 3 is 2.53 bits per heavy atom. The van der Waals surface area contributed by atoms with Gasteiger partial charge in [0.15, 0.2) is 0 Å². The van der Waals surface area contributed by atoms with Crippen LogP contribution in [-0.4, -0.2) is 64.1 Å². The third-order valence-corrected chi connectivity index (χ3v) is 11.0. The van der Waals surface area contributed by atoms with Crippen molar-refractivity contribution in [3.05, 3.63) is 80.8 Å². The minimum atomic E-state index is -0.970. The summed E-state index contributed by atoms with van der Waals surface area (Å²) in [6.45, 7) is 6.83. The number of halogens is 1. The van der Waals surface area contributed by atoms with Gasteiger partial charge in [-0.15, -0.1) is 0 Å². The number of likely N-dealkylation sites (tertiary alicyclic amines) is 2. The number of imide groups is 1. The summed E-state index contributed by atoms with van der Waals surface area (Å²) in [6.07, 6.45) is 7.29. The number of benzene rings is 2. The molecule has 45 heavy (non-hydrogen) atoms. The van der Waals surface area contributed by atoms with E-state index in [0.29, 0.717) is 19.2 Å². The molecule has 2 amide bonds. The van der Waals surface area contributed by atoms with Crippen molar-refractivity contribution < 1.29 is 24.4 Å². The van der Waals surface area contributed by atoms with Crippen molar-refractivity contribution in [3.63, 3.8) is 0 Å². The first-order valence-corrected chi connectivity index (χ1v) is 17.4. The van der Waals surface area contributed by atoms with Gasteiger partial charge in [-0.05, 0) is 86.5 Å². The Kier molecular flexibility index (Phi) is 10.00. The van der Waals surface area contributed by atoms with E-state index in [1.807, 2.05) is 24.3 Å². The fraction of sp³-hybridized carbons (Fsp3) is 0.500. The molecule has 3 heterocycles. The molecule has 0 bridgehead atoms. The van der Waals surface area contributed by atoms with Gasteiger partial charge in [-0.2, -0.15) is 0 Å². The molecule has 4 aliphatic rings. The molecule has 3 saturated heterocycles. The molecule has 7 nitrogen and oxygen atoms in total. The Morgan fingerprint density at radius 1 is 1.07 bits per heavy atom. The second kappa shape index (κ2) is 14.0. The highest BCUT2D eigenvalue weighted by atomic mass is 79.9. The van der Waals surface area contributed by atoms with Gasteiger partial charge in [-0.25, -0.2) is 0 Å². The van der Waals surface area contributed by atoms with Crippen LogP contribution in [0.2, 0.25) is 6.32 Å². The number of phenolic OH excluding ortho intramolecular Hbond substituents is 1. The zero-order chi connectivity index (χ0) is 31.7. The van der Waals surface area contributed by atoms with Gasteiger partial charge in [0.05, 0.1) is 17.9 Å². The zero-order valence-corrected chi connectivity index (χ0v) is 27.9. The van der Waals surface area contributed by atoms with Crippen molar-refractivity contribution in [1.82, 2.24) is 9.80 Å². The third-order valence-electron chi connectivity index (χ3n) is 10.5. The minimum Gasteiger partial charge on any atom is -0.507 e. The van der Waals surface area contributed by atoms with Crippen LogP contribution in [0.1, 0.15) is 69.9 Å². The average molecular weight is 675 g/mol. The van der Waals surface area contributed by atoms with E-state index in [9.17, 15) is 19.7 Å². The van der Waals surface area contributed by atoms with Crippen LogP contribution < -0.4 is 0 Å². The van der Waals surface area contributed by atoms with Crippen LogP contribution in [-0.2, 0) is 20.8 Å². The SMILES string of the molecule is CCC1=C2[C@@H](CC/C(=C/c3cc(Br)ccc3O)CC)OB(O)C[C@@H]2[C@@H]2C(=O)N(C3CCN(Cc4ccccc4)CC3)C(=O)[C@@H]2C1. The molecule has 238 valence electrons. The maximum Gasteiger partial charge on any atom is 0.455 e. The first-order chi connectivity index (χ1) is 21.8. The van der Waals surface area contributed by atoms with Crippen LogP contribution in [0, 0.1) is 17.8 Å². The van der Waals surface area contributed by atoms with E-state index in [-0.39, 0.29) is 41.5 Å². The van der Waals surface area contributed by atoms with Crippen LogP contribution in [0.25, 0.3) is 6.08 Å². The van der Waals surface area contributed by atoms with E-state index in [2.05, 4.69) is 58.9 Å². The highest BCUT2D eigenvalue weighted by Crippen LogP contribution is 2.52. The predicted octanol–water partition coefficient (Wildman–Crippen LogP) is 6.60. The maximum absolute atomic E-state index is 14.2. The van der Waals surface area contributed by atoms with Crippen molar-refractivity contribution >= 4 is 40.9 Å². The number of piperidine rings is 1. The number of aromatic hydroxyl groups is 1. The Hall–Kier alpha value is -2.72. The van der Waals surface area contributed by atoms with E-state index in [1.165, 1.54) is 16.7 Å². The first-order valence-electron chi connectivity index (χ1n) is 16.6. The van der Waals surface area contributed by atoms with Crippen LogP contribution in [0.4, 0.5) is 0 Å². The molecule has 0 saturated carbocycles. The van der Waals surface area contributed by atoms with Crippen molar-refractivity contribution in [3.8, 4) is 5.75 Å². The fourth-order valence-corrected chi connectivity index (χ4v) is 8.57. The molecule has 0 unspecified atom stereocenters. The molecule has 0 radical (unpaired) electrons. The topological polar surface area (TPSA) is 90.3 Å². The van der Waals surface area contributed by atoms with E-state index >= 15 is 0 Å². The van der Waals surface area contributed by atoms with Crippen LogP contribution in [0.3, 0.4) is 0 Å². The Balaban J connectivity index is 1.17. The molecule has 3 aliphatic heterocycles. The number of fused-ring (bicyclic) bond motifs is 3. The lowest BCUT2D eigenvalue weighted by atomic mass is 9.58. The quantitative estimate of drug-likeness (QED) is 0.177. The van der Waals surface area contributed by atoms with Crippen LogP contribution in [0.15, 0.2) is 69.7 Å². The monoisotopic (exact) mass is 674 g/mol. The number of phenols is 1. The number of allylic oxidation sites excluding steroid dienone is 2. The molecule has 9 heteroatoms. The molecule has 3 fully saturated rings. The van der Waals surface area contributed by atoms with E-state index in [0.717, 1.165) is 67.3 Å². The molecule has 0 spiro atoms. The van der Waals surface area contributed by atoms with Gasteiger partial charge in [0, 0.05) is 35.7 Å². The Morgan fingerprint density at radius 2 is 1.82 bits per heavy atom. The van der Waals surface area contributed by atoms with Crippen molar-refractivity contribution in [2.24, 2.45) is 17.8 Å². The number of nitrogens with zero attached hydrogens (tertiary/aromatic N) is 2. The summed E-state index contributed by atoms with van der Waals surface area (Å²) in [4.78, 5) is 32.2. The summed E-state index contributed by atoms with van der Waals surface area (Å²) in [6, 6.07) is 15.8. The van der Waals surface area contributed by atoms with Gasteiger partial charge >= 0.3 is 7.12 Å². The third kappa shape index (κ3) is 6.73. The number of amides is 2. The lowest BCUT2D eigenvalue weighted by Gasteiger charge is -2.43. The van der Waals surface area contributed by atoms with Crippen LogP contribution >= 0.6 is 15.9 Å². The van der Waals surface area contributed by atoms with Gasteiger partial charge < -0.3 is 14.8 Å².